The van der Waals surface area contributed by atoms with Gasteiger partial charge >= 0.3 is 0 Å². The zero-order valence-corrected chi connectivity index (χ0v) is 17.5. The molecular weight excluding hydrogens is 396 g/mol. The van der Waals surface area contributed by atoms with Gasteiger partial charge in [-0.2, -0.15) is 5.10 Å². The van der Waals surface area contributed by atoms with Gasteiger partial charge in [0.2, 0.25) is 0 Å². The van der Waals surface area contributed by atoms with Gasteiger partial charge in [-0.1, -0.05) is 11.6 Å². The number of halogens is 1. The number of hydrogen-bond donors (Lipinski definition) is 0. The largest absolute Gasteiger partial charge is 0.467 e. The summed E-state index contributed by atoms with van der Waals surface area (Å²) in [7, 11) is 0. The molecule has 1 aromatic carbocycles. The van der Waals surface area contributed by atoms with E-state index in [0.29, 0.717) is 29.6 Å². The van der Waals surface area contributed by atoms with Crippen LogP contribution >= 0.6 is 23.8 Å². The van der Waals surface area contributed by atoms with Crippen LogP contribution in [-0.4, -0.2) is 44.5 Å². The zero-order chi connectivity index (χ0) is 19.7. The van der Waals surface area contributed by atoms with Crippen LogP contribution in [0.15, 0.2) is 47.1 Å². The van der Waals surface area contributed by atoms with Crippen molar-refractivity contribution in [2.24, 2.45) is 0 Å². The highest BCUT2D eigenvalue weighted by molar-refractivity contribution is 7.71. The first-order chi connectivity index (χ1) is 13.4. The Balaban J connectivity index is 1.69. The first-order valence-electron chi connectivity index (χ1n) is 9.24. The Morgan fingerprint density at radius 3 is 2.68 bits per heavy atom. The average Bonchev–Trinajstić information content (AvgIpc) is 3.26. The standard InChI is InChI=1S/C20H23ClN4O2S/c1-20(2)13-23(9-11-27-20)14-25-19(28)24(12-17-4-3-10-26-17)18(22-25)15-5-7-16(21)8-6-15/h3-8,10H,9,11-14H2,1-2H3. The fourth-order valence-corrected chi connectivity index (χ4v) is 3.85. The molecule has 0 unspecified atom stereocenters. The highest BCUT2D eigenvalue weighted by Crippen LogP contribution is 2.23. The molecule has 4 rings (SSSR count). The van der Waals surface area contributed by atoms with Crippen molar-refractivity contribution in [1.82, 2.24) is 19.2 Å². The van der Waals surface area contributed by atoms with Crippen LogP contribution in [0.1, 0.15) is 19.6 Å². The number of aromatic nitrogens is 3. The molecule has 1 aliphatic heterocycles. The van der Waals surface area contributed by atoms with Gasteiger partial charge in [0.15, 0.2) is 10.6 Å². The van der Waals surface area contributed by atoms with Crippen LogP contribution in [0.4, 0.5) is 0 Å². The van der Waals surface area contributed by atoms with Gasteiger partial charge in [-0.25, -0.2) is 4.68 Å². The van der Waals surface area contributed by atoms with E-state index in [2.05, 4.69) is 18.7 Å². The summed E-state index contributed by atoms with van der Waals surface area (Å²) in [5, 5.41) is 5.53. The number of ether oxygens (including phenoxy) is 1. The Morgan fingerprint density at radius 2 is 2.00 bits per heavy atom. The van der Waals surface area contributed by atoms with Crippen LogP contribution in [0.5, 0.6) is 0 Å². The molecule has 1 aliphatic rings. The van der Waals surface area contributed by atoms with E-state index in [1.54, 1.807) is 6.26 Å². The molecule has 148 valence electrons. The van der Waals surface area contributed by atoms with Gasteiger partial charge in [0.25, 0.3) is 0 Å². The Hall–Kier alpha value is -1.93. The van der Waals surface area contributed by atoms with E-state index in [1.165, 1.54) is 0 Å². The van der Waals surface area contributed by atoms with Crippen molar-refractivity contribution >= 4 is 23.8 Å². The molecule has 0 radical (unpaired) electrons. The normalized spacial score (nSPS) is 17.1. The summed E-state index contributed by atoms with van der Waals surface area (Å²) in [6.45, 7) is 7.75. The lowest BCUT2D eigenvalue weighted by molar-refractivity contribution is -0.0946. The van der Waals surface area contributed by atoms with E-state index in [4.69, 9.17) is 38.1 Å². The monoisotopic (exact) mass is 418 g/mol. The van der Waals surface area contributed by atoms with Gasteiger partial charge in [-0.05, 0) is 62.5 Å². The van der Waals surface area contributed by atoms with E-state index in [-0.39, 0.29) is 5.60 Å². The molecule has 0 atom stereocenters. The Labute approximate surface area is 174 Å². The summed E-state index contributed by atoms with van der Waals surface area (Å²) in [6.07, 6.45) is 1.67. The van der Waals surface area contributed by atoms with Crippen molar-refractivity contribution in [2.45, 2.75) is 32.7 Å². The molecule has 0 N–H and O–H groups in total. The Morgan fingerprint density at radius 1 is 1.21 bits per heavy atom. The van der Waals surface area contributed by atoms with E-state index in [0.717, 1.165) is 30.2 Å². The highest BCUT2D eigenvalue weighted by Gasteiger charge is 2.28. The summed E-state index contributed by atoms with van der Waals surface area (Å²) < 4.78 is 15.9. The van der Waals surface area contributed by atoms with Gasteiger partial charge < -0.3 is 9.15 Å². The quantitative estimate of drug-likeness (QED) is 0.573. The SMILES string of the molecule is CC1(C)CN(Cn2nc(-c3ccc(Cl)cc3)n(Cc3ccco3)c2=S)CCO1. The predicted molar refractivity (Wildman–Crippen MR) is 111 cm³/mol. The average molecular weight is 419 g/mol. The molecule has 6 nitrogen and oxygen atoms in total. The van der Waals surface area contributed by atoms with E-state index in [9.17, 15) is 0 Å². The second kappa shape index (κ2) is 7.83. The molecule has 0 aliphatic carbocycles. The second-order valence-electron chi connectivity index (χ2n) is 7.58. The van der Waals surface area contributed by atoms with Crippen molar-refractivity contribution in [1.29, 1.82) is 0 Å². The van der Waals surface area contributed by atoms with Gasteiger partial charge in [-0.3, -0.25) is 9.47 Å². The van der Waals surface area contributed by atoms with E-state index < -0.39 is 0 Å². The number of nitrogens with zero attached hydrogens (tertiary/aromatic N) is 4. The molecular formula is C20H23ClN4O2S. The number of morpholine rings is 1. The van der Waals surface area contributed by atoms with Crippen molar-refractivity contribution < 1.29 is 9.15 Å². The van der Waals surface area contributed by atoms with Gasteiger partial charge in [0, 0.05) is 23.7 Å². The van der Waals surface area contributed by atoms with Crippen LogP contribution < -0.4 is 0 Å². The summed E-state index contributed by atoms with van der Waals surface area (Å²) >= 11 is 11.8. The van der Waals surface area contributed by atoms with E-state index >= 15 is 0 Å². The molecule has 3 aromatic rings. The Kier molecular flexibility index (Phi) is 5.42. The number of hydrogen-bond acceptors (Lipinski definition) is 5. The highest BCUT2D eigenvalue weighted by atomic mass is 35.5. The van der Waals surface area contributed by atoms with E-state index in [1.807, 2.05) is 45.6 Å². The number of rotatable bonds is 5. The molecule has 2 aromatic heterocycles. The lowest BCUT2D eigenvalue weighted by atomic mass is 10.1. The predicted octanol–water partition coefficient (Wildman–Crippen LogP) is 4.44. The third-order valence-electron chi connectivity index (χ3n) is 4.76. The van der Waals surface area contributed by atoms with Crippen molar-refractivity contribution in [3.05, 3.63) is 58.2 Å². The van der Waals surface area contributed by atoms with Crippen LogP contribution in [0, 0.1) is 4.77 Å². The van der Waals surface area contributed by atoms with Crippen LogP contribution in [-0.2, 0) is 18.0 Å². The van der Waals surface area contributed by atoms with Crippen molar-refractivity contribution in [3.63, 3.8) is 0 Å². The summed E-state index contributed by atoms with van der Waals surface area (Å²) in [4.78, 5) is 2.31. The minimum Gasteiger partial charge on any atom is -0.467 e. The fourth-order valence-electron chi connectivity index (χ4n) is 3.47. The molecule has 0 spiro atoms. The lowest BCUT2D eigenvalue weighted by Gasteiger charge is -2.37. The third kappa shape index (κ3) is 4.22. The van der Waals surface area contributed by atoms with Gasteiger partial charge in [0.05, 0.1) is 31.7 Å². The molecule has 8 heteroatoms. The number of benzene rings is 1. The smallest absolute Gasteiger partial charge is 0.199 e. The molecule has 0 saturated carbocycles. The summed E-state index contributed by atoms with van der Waals surface area (Å²) in [5.74, 6) is 1.63. The third-order valence-corrected chi connectivity index (χ3v) is 5.44. The maximum absolute atomic E-state index is 6.06. The number of furan rings is 1. The second-order valence-corrected chi connectivity index (χ2v) is 8.38. The van der Waals surface area contributed by atoms with Crippen LogP contribution in [0.2, 0.25) is 5.02 Å². The van der Waals surface area contributed by atoms with Crippen molar-refractivity contribution in [2.75, 3.05) is 19.7 Å². The first kappa shape index (κ1) is 19.4. The molecule has 3 heterocycles. The molecule has 0 bridgehead atoms. The maximum Gasteiger partial charge on any atom is 0.199 e. The molecule has 1 saturated heterocycles. The lowest BCUT2D eigenvalue weighted by Crippen LogP contribution is -2.48. The molecule has 28 heavy (non-hydrogen) atoms. The minimum atomic E-state index is -0.170. The van der Waals surface area contributed by atoms with Crippen molar-refractivity contribution in [3.8, 4) is 11.4 Å². The maximum atomic E-state index is 6.06. The van der Waals surface area contributed by atoms with Crippen LogP contribution in [0.3, 0.4) is 0 Å². The zero-order valence-electron chi connectivity index (χ0n) is 16.0. The van der Waals surface area contributed by atoms with Gasteiger partial charge in [-0.15, -0.1) is 0 Å². The topological polar surface area (TPSA) is 48.4 Å². The Bertz CT molecular complexity index is 992. The summed E-state index contributed by atoms with van der Waals surface area (Å²) in [6, 6.07) is 11.5. The van der Waals surface area contributed by atoms with Crippen LogP contribution in [0.25, 0.3) is 11.4 Å². The summed E-state index contributed by atoms with van der Waals surface area (Å²) in [5.41, 5.74) is 0.791. The molecule has 0 amide bonds. The molecule has 1 fully saturated rings. The minimum absolute atomic E-state index is 0.170. The van der Waals surface area contributed by atoms with Gasteiger partial charge in [0.1, 0.15) is 5.76 Å². The fraction of sp³-hybridized carbons (Fsp3) is 0.400. The first-order valence-corrected chi connectivity index (χ1v) is 10.0.